The summed E-state index contributed by atoms with van der Waals surface area (Å²) in [5.74, 6) is 0.887. The van der Waals surface area contributed by atoms with Crippen molar-refractivity contribution < 1.29 is 9.47 Å². The molecule has 1 unspecified atom stereocenters. The van der Waals surface area contributed by atoms with Crippen molar-refractivity contribution in [3.8, 4) is 5.75 Å². The van der Waals surface area contributed by atoms with Crippen LogP contribution in [0, 0.1) is 0 Å². The Labute approximate surface area is 131 Å². The molecule has 0 heterocycles. The molecule has 4 heteroatoms. The fraction of sp³-hybridized carbons (Fsp3) is 0.625. The fourth-order valence-electron chi connectivity index (χ4n) is 1.74. The van der Waals surface area contributed by atoms with E-state index in [4.69, 9.17) is 15.2 Å². The minimum absolute atomic E-state index is 0.150. The Morgan fingerprint density at radius 3 is 2.65 bits per heavy atom. The summed E-state index contributed by atoms with van der Waals surface area (Å²) < 4.78 is 12.3. The number of hydrogen-bond acceptors (Lipinski definition) is 3. The molecule has 20 heavy (non-hydrogen) atoms. The van der Waals surface area contributed by atoms with Crippen LogP contribution in [0.3, 0.4) is 0 Å². The van der Waals surface area contributed by atoms with Gasteiger partial charge in [-0.3, -0.25) is 0 Å². The van der Waals surface area contributed by atoms with Gasteiger partial charge in [0.1, 0.15) is 5.75 Å². The molecule has 0 aliphatic carbocycles. The van der Waals surface area contributed by atoms with Gasteiger partial charge in [0.25, 0.3) is 0 Å². The van der Waals surface area contributed by atoms with E-state index < -0.39 is 0 Å². The molecule has 1 aromatic carbocycles. The fourth-order valence-corrected chi connectivity index (χ4v) is 2.15. The van der Waals surface area contributed by atoms with Crippen molar-refractivity contribution in [2.75, 3.05) is 13.7 Å². The van der Waals surface area contributed by atoms with Gasteiger partial charge in [-0.25, -0.2) is 0 Å². The Kier molecular flexibility index (Phi) is 7.00. The molecule has 0 saturated carbocycles. The van der Waals surface area contributed by atoms with Gasteiger partial charge >= 0.3 is 0 Å². The molecule has 1 rings (SSSR count). The maximum Gasteiger partial charge on any atom is 0.119 e. The molecule has 1 aromatic rings. The lowest BCUT2D eigenvalue weighted by molar-refractivity contribution is 0.00545. The van der Waals surface area contributed by atoms with Crippen LogP contribution in [0.5, 0.6) is 5.75 Å². The molecule has 0 saturated heterocycles. The van der Waals surface area contributed by atoms with E-state index in [1.54, 1.807) is 7.11 Å². The zero-order chi connectivity index (χ0) is 15.2. The molecule has 0 aliphatic rings. The highest BCUT2D eigenvalue weighted by Gasteiger charge is 2.16. The Morgan fingerprint density at radius 1 is 1.35 bits per heavy atom. The molecular weight excluding hydrogens is 318 g/mol. The summed E-state index contributed by atoms with van der Waals surface area (Å²) in [6, 6.07) is 6.26. The first-order valence-corrected chi connectivity index (χ1v) is 7.89. The number of rotatable bonds is 8. The maximum atomic E-state index is 6.02. The largest absolute Gasteiger partial charge is 0.493 e. The Morgan fingerprint density at radius 2 is 2.05 bits per heavy atom. The Balaban J connectivity index is 2.61. The first-order valence-electron chi connectivity index (χ1n) is 7.10. The molecule has 1 atom stereocenters. The summed E-state index contributed by atoms with van der Waals surface area (Å²) in [5.41, 5.74) is 7.07. The van der Waals surface area contributed by atoms with Gasteiger partial charge in [0.2, 0.25) is 0 Å². The van der Waals surface area contributed by atoms with Crippen molar-refractivity contribution in [2.45, 2.75) is 51.7 Å². The summed E-state index contributed by atoms with van der Waals surface area (Å²) in [6.07, 6.45) is 2.68. The van der Waals surface area contributed by atoms with Crippen LogP contribution >= 0.6 is 15.9 Å². The lowest BCUT2D eigenvalue weighted by Crippen LogP contribution is -2.25. The zero-order valence-electron chi connectivity index (χ0n) is 12.9. The van der Waals surface area contributed by atoms with E-state index in [0.717, 1.165) is 29.5 Å². The van der Waals surface area contributed by atoms with Crippen LogP contribution in [0.25, 0.3) is 0 Å². The first-order chi connectivity index (χ1) is 9.38. The molecule has 3 nitrogen and oxygen atoms in total. The molecule has 0 fully saturated rings. The van der Waals surface area contributed by atoms with Crippen molar-refractivity contribution in [1.29, 1.82) is 0 Å². The highest BCUT2D eigenvalue weighted by Crippen LogP contribution is 2.24. The van der Waals surface area contributed by atoms with Crippen LogP contribution in [0.2, 0.25) is 0 Å². The minimum Gasteiger partial charge on any atom is -0.493 e. The first kappa shape index (κ1) is 17.5. The standard InChI is InChI=1S/C16H26BrNO2/c1-5-13(18)10-12-11-14(6-7-15(12)17)20-9-8-16(2,3)19-4/h6-7,11,13H,5,8-10,18H2,1-4H3. The van der Waals surface area contributed by atoms with E-state index in [1.165, 1.54) is 5.56 Å². The van der Waals surface area contributed by atoms with Gasteiger partial charge in [-0.05, 0) is 50.5 Å². The van der Waals surface area contributed by atoms with Gasteiger partial charge in [-0.2, -0.15) is 0 Å². The quantitative estimate of drug-likeness (QED) is 0.777. The van der Waals surface area contributed by atoms with Gasteiger partial charge < -0.3 is 15.2 Å². The molecule has 0 spiro atoms. The number of nitrogens with two attached hydrogens (primary N) is 1. The van der Waals surface area contributed by atoms with Crippen molar-refractivity contribution in [3.05, 3.63) is 28.2 Å². The van der Waals surface area contributed by atoms with E-state index in [-0.39, 0.29) is 11.6 Å². The van der Waals surface area contributed by atoms with Gasteiger partial charge in [0, 0.05) is 24.0 Å². The van der Waals surface area contributed by atoms with E-state index in [1.807, 2.05) is 12.1 Å². The second-order valence-electron chi connectivity index (χ2n) is 5.69. The highest BCUT2D eigenvalue weighted by atomic mass is 79.9. The predicted molar refractivity (Wildman–Crippen MR) is 87.3 cm³/mol. The molecule has 0 radical (unpaired) electrons. The van der Waals surface area contributed by atoms with Crippen molar-refractivity contribution in [1.82, 2.24) is 0 Å². The van der Waals surface area contributed by atoms with E-state index in [2.05, 4.69) is 42.8 Å². The second-order valence-corrected chi connectivity index (χ2v) is 6.54. The lowest BCUT2D eigenvalue weighted by Gasteiger charge is -2.22. The number of halogens is 1. The number of ether oxygens (including phenoxy) is 2. The zero-order valence-corrected chi connectivity index (χ0v) is 14.5. The number of methoxy groups -OCH3 is 1. The average Bonchev–Trinajstić information content (AvgIpc) is 2.42. The SMILES string of the molecule is CCC(N)Cc1cc(OCCC(C)(C)OC)ccc1Br. The molecule has 114 valence electrons. The van der Waals surface area contributed by atoms with Gasteiger partial charge in [-0.15, -0.1) is 0 Å². The van der Waals surface area contributed by atoms with Crippen LogP contribution < -0.4 is 10.5 Å². The molecule has 2 N–H and O–H groups in total. The maximum absolute atomic E-state index is 6.02. The second kappa shape index (κ2) is 8.01. The van der Waals surface area contributed by atoms with E-state index >= 15 is 0 Å². The summed E-state index contributed by atoms with van der Waals surface area (Å²) in [6.45, 7) is 6.86. The van der Waals surface area contributed by atoms with Crippen molar-refractivity contribution in [3.63, 3.8) is 0 Å². The highest BCUT2D eigenvalue weighted by molar-refractivity contribution is 9.10. The van der Waals surface area contributed by atoms with Crippen LogP contribution in [-0.4, -0.2) is 25.4 Å². The Bertz CT molecular complexity index is 421. The van der Waals surface area contributed by atoms with Gasteiger partial charge in [-0.1, -0.05) is 22.9 Å². The predicted octanol–water partition coefficient (Wildman–Crippen LogP) is 3.92. The monoisotopic (exact) mass is 343 g/mol. The third kappa shape index (κ3) is 5.81. The van der Waals surface area contributed by atoms with Crippen LogP contribution in [0.1, 0.15) is 39.2 Å². The Hall–Kier alpha value is -0.580. The molecule has 0 amide bonds. The van der Waals surface area contributed by atoms with E-state index in [0.29, 0.717) is 6.61 Å². The molecule has 0 aliphatic heterocycles. The summed E-state index contributed by atoms with van der Waals surface area (Å²) in [7, 11) is 1.73. The van der Waals surface area contributed by atoms with E-state index in [9.17, 15) is 0 Å². The molecule has 0 aromatic heterocycles. The lowest BCUT2D eigenvalue weighted by atomic mass is 10.0. The minimum atomic E-state index is -0.150. The molecule has 0 bridgehead atoms. The van der Waals surface area contributed by atoms with Gasteiger partial charge in [0.05, 0.1) is 12.2 Å². The van der Waals surface area contributed by atoms with Crippen LogP contribution in [0.15, 0.2) is 22.7 Å². The summed E-state index contributed by atoms with van der Waals surface area (Å²) in [5, 5.41) is 0. The normalized spacial score (nSPS) is 13.3. The summed E-state index contributed by atoms with van der Waals surface area (Å²) >= 11 is 3.57. The third-order valence-corrected chi connectivity index (χ3v) is 4.32. The van der Waals surface area contributed by atoms with Crippen molar-refractivity contribution >= 4 is 15.9 Å². The van der Waals surface area contributed by atoms with Crippen LogP contribution in [-0.2, 0) is 11.2 Å². The number of hydrogen-bond donors (Lipinski definition) is 1. The summed E-state index contributed by atoms with van der Waals surface area (Å²) in [4.78, 5) is 0. The average molecular weight is 344 g/mol. The van der Waals surface area contributed by atoms with Crippen LogP contribution in [0.4, 0.5) is 0 Å². The smallest absolute Gasteiger partial charge is 0.119 e. The van der Waals surface area contributed by atoms with Gasteiger partial charge in [0.15, 0.2) is 0 Å². The third-order valence-electron chi connectivity index (χ3n) is 3.55. The molecular formula is C16H26BrNO2. The van der Waals surface area contributed by atoms with Crippen molar-refractivity contribution in [2.24, 2.45) is 5.73 Å². The topological polar surface area (TPSA) is 44.5 Å². The number of benzene rings is 1.